The lowest BCUT2D eigenvalue weighted by Gasteiger charge is -2.26. The van der Waals surface area contributed by atoms with E-state index >= 15 is 0 Å². The first-order valence-corrected chi connectivity index (χ1v) is 11.3. The van der Waals surface area contributed by atoms with E-state index in [0.29, 0.717) is 60.6 Å². The second-order valence-electron chi connectivity index (χ2n) is 8.32. The summed E-state index contributed by atoms with van der Waals surface area (Å²) in [5.74, 6) is 0.337. The summed E-state index contributed by atoms with van der Waals surface area (Å²) >= 11 is 0. The third-order valence-corrected chi connectivity index (χ3v) is 5.70. The van der Waals surface area contributed by atoms with Gasteiger partial charge in [-0.25, -0.2) is 24.3 Å². The van der Waals surface area contributed by atoms with Crippen molar-refractivity contribution in [2.24, 2.45) is 7.05 Å². The Morgan fingerprint density at radius 1 is 1.17 bits per heavy atom. The van der Waals surface area contributed by atoms with Crippen LogP contribution in [0, 0.1) is 5.82 Å². The molecule has 0 bridgehead atoms. The molecule has 1 aliphatic heterocycles. The van der Waals surface area contributed by atoms with Gasteiger partial charge >= 0.3 is 0 Å². The molecule has 0 radical (unpaired) electrons. The number of morpholine rings is 1. The van der Waals surface area contributed by atoms with Crippen molar-refractivity contribution >= 4 is 45.8 Å². The van der Waals surface area contributed by atoms with Crippen molar-refractivity contribution in [2.45, 2.75) is 6.92 Å². The maximum Gasteiger partial charge on any atom is 0.256 e. The van der Waals surface area contributed by atoms with Crippen molar-refractivity contribution in [2.75, 3.05) is 41.8 Å². The fraction of sp³-hybridized carbons (Fsp3) is 0.250. The second-order valence-corrected chi connectivity index (χ2v) is 8.32. The van der Waals surface area contributed by atoms with Gasteiger partial charge in [-0.3, -0.25) is 9.48 Å². The summed E-state index contributed by atoms with van der Waals surface area (Å²) in [7, 11) is 1.72. The number of benzene rings is 1. The molecule has 1 amide bonds. The molecule has 36 heavy (non-hydrogen) atoms. The normalized spacial score (nSPS) is 13.6. The average molecular weight is 490 g/mol. The third kappa shape index (κ3) is 4.70. The highest BCUT2D eigenvalue weighted by Crippen LogP contribution is 2.26. The lowest BCUT2D eigenvalue weighted by atomic mass is 10.1. The first-order valence-electron chi connectivity index (χ1n) is 11.3. The smallest absolute Gasteiger partial charge is 0.256 e. The van der Waals surface area contributed by atoms with Crippen molar-refractivity contribution in [3.05, 3.63) is 60.4 Å². The molecule has 1 saturated heterocycles. The summed E-state index contributed by atoms with van der Waals surface area (Å²) in [5.41, 5.74) is 2.70. The Labute approximate surface area is 206 Å². The summed E-state index contributed by atoms with van der Waals surface area (Å²) < 4.78 is 21.7. The Morgan fingerprint density at radius 2 is 1.97 bits per heavy atom. The van der Waals surface area contributed by atoms with Crippen LogP contribution in [-0.4, -0.2) is 61.9 Å². The molecule has 1 aliphatic rings. The molecule has 3 aromatic heterocycles. The van der Waals surface area contributed by atoms with Crippen LogP contribution in [0.25, 0.3) is 16.6 Å². The topological polar surface area (TPSA) is 123 Å². The molecule has 12 heteroatoms. The molecule has 2 N–H and O–H groups in total. The van der Waals surface area contributed by atoms with Gasteiger partial charge in [0.1, 0.15) is 29.0 Å². The zero-order valence-electron chi connectivity index (χ0n) is 19.8. The van der Waals surface area contributed by atoms with Gasteiger partial charge in [0, 0.05) is 31.8 Å². The van der Waals surface area contributed by atoms with E-state index in [9.17, 15) is 9.18 Å². The highest BCUT2D eigenvalue weighted by molar-refractivity contribution is 6.04. The molecule has 1 fully saturated rings. The number of nitrogens with one attached hydrogen (secondary N) is 2. The van der Waals surface area contributed by atoms with Crippen molar-refractivity contribution in [3.8, 4) is 0 Å². The Kier molecular flexibility index (Phi) is 6.25. The second kappa shape index (κ2) is 9.66. The van der Waals surface area contributed by atoms with E-state index in [1.165, 1.54) is 24.5 Å². The Bertz CT molecular complexity index is 1460. The number of hydrogen-bond acceptors (Lipinski definition) is 9. The maximum absolute atomic E-state index is 14.8. The van der Waals surface area contributed by atoms with Gasteiger partial charge in [-0.1, -0.05) is 6.58 Å². The van der Waals surface area contributed by atoms with Gasteiger partial charge in [0.15, 0.2) is 5.82 Å². The third-order valence-electron chi connectivity index (χ3n) is 5.70. The van der Waals surface area contributed by atoms with Gasteiger partial charge in [-0.05, 0) is 30.7 Å². The van der Waals surface area contributed by atoms with Crippen molar-refractivity contribution in [3.63, 3.8) is 0 Å². The van der Waals surface area contributed by atoms with Crippen LogP contribution in [0.15, 0.2) is 43.4 Å². The van der Waals surface area contributed by atoms with E-state index in [0.717, 1.165) is 5.57 Å². The first kappa shape index (κ1) is 23.3. The number of halogens is 1. The van der Waals surface area contributed by atoms with E-state index in [4.69, 9.17) is 4.74 Å². The molecule has 11 nitrogen and oxygen atoms in total. The summed E-state index contributed by atoms with van der Waals surface area (Å²) in [5, 5.41) is 10.1. The summed E-state index contributed by atoms with van der Waals surface area (Å²) in [6, 6.07) is 5.76. The van der Waals surface area contributed by atoms with Gasteiger partial charge in [-0.15, -0.1) is 0 Å². The molecule has 0 unspecified atom stereocenters. The van der Waals surface area contributed by atoms with E-state index in [1.54, 1.807) is 24.0 Å². The molecule has 0 aliphatic carbocycles. The number of allylic oxidation sites excluding steroid dienone is 1. The minimum absolute atomic E-state index is 0.0711. The molecule has 4 aromatic rings. The number of amides is 1. The summed E-state index contributed by atoms with van der Waals surface area (Å²) in [4.78, 5) is 32.4. The number of aryl methyl sites for hydroxylation is 1. The molecule has 0 atom stereocenters. The molecular formula is C24H24FN9O2. The van der Waals surface area contributed by atoms with Crippen molar-refractivity contribution < 1.29 is 13.9 Å². The highest BCUT2D eigenvalue weighted by Gasteiger charge is 2.18. The Balaban J connectivity index is 1.42. The molecule has 1 aromatic carbocycles. The SMILES string of the molecule is C=C(C)c1cc(NC(=O)c2ccc(F)c(Nc3ncnc4cnc(N5CCOCC5)nc34)c2)n(C)n1. The largest absolute Gasteiger partial charge is 0.378 e. The van der Waals surface area contributed by atoms with Crippen LogP contribution in [0.2, 0.25) is 0 Å². The van der Waals surface area contributed by atoms with Crippen LogP contribution in [0.3, 0.4) is 0 Å². The number of anilines is 4. The van der Waals surface area contributed by atoms with Gasteiger partial charge in [0.05, 0.1) is 30.8 Å². The minimum atomic E-state index is -0.550. The number of carbonyl (C=O) groups excluding carboxylic acids is 1. The summed E-state index contributed by atoms with van der Waals surface area (Å²) in [6.07, 6.45) is 2.95. The van der Waals surface area contributed by atoms with E-state index in [1.807, 2.05) is 11.8 Å². The molecule has 184 valence electrons. The van der Waals surface area contributed by atoms with Crippen LogP contribution in [0.1, 0.15) is 23.0 Å². The zero-order chi connectivity index (χ0) is 25.2. The van der Waals surface area contributed by atoms with E-state index in [2.05, 4.69) is 42.2 Å². The van der Waals surface area contributed by atoms with Gasteiger partial charge < -0.3 is 20.3 Å². The minimum Gasteiger partial charge on any atom is -0.378 e. The van der Waals surface area contributed by atoms with Gasteiger partial charge in [0.2, 0.25) is 5.95 Å². The Morgan fingerprint density at radius 3 is 2.72 bits per heavy atom. The quantitative estimate of drug-likeness (QED) is 0.420. The fourth-order valence-corrected chi connectivity index (χ4v) is 3.72. The van der Waals surface area contributed by atoms with Crippen LogP contribution < -0.4 is 15.5 Å². The lowest BCUT2D eigenvalue weighted by molar-refractivity contribution is 0.102. The molecular weight excluding hydrogens is 465 g/mol. The predicted octanol–water partition coefficient (Wildman–Crippen LogP) is 3.16. The number of fused-ring (bicyclic) bond motifs is 1. The molecule has 5 rings (SSSR count). The number of rotatable bonds is 6. The standard InChI is InChI=1S/C24H24FN9O2/c1-14(2)17-11-20(33(3)32-17)30-23(35)15-4-5-16(25)18(10-15)29-22-21-19(27-13-28-22)12-26-24(31-21)34-6-8-36-9-7-34/h4-5,10-13H,1,6-9H2,2-3H3,(H,30,35)(H,27,28,29). The van der Waals surface area contributed by atoms with Crippen molar-refractivity contribution in [1.29, 1.82) is 0 Å². The maximum atomic E-state index is 14.8. The fourth-order valence-electron chi connectivity index (χ4n) is 3.72. The molecule has 4 heterocycles. The summed E-state index contributed by atoms with van der Waals surface area (Å²) in [6.45, 7) is 8.20. The van der Waals surface area contributed by atoms with Crippen LogP contribution in [0.5, 0.6) is 0 Å². The predicted molar refractivity (Wildman–Crippen MR) is 134 cm³/mol. The van der Waals surface area contributed by atoms with Crippen LogP contribution in [0.4, 0.5) is 27.7 Å². The highest BCUT2D eigenvalue weighted by atomic mass is 19.1. The van der Waals surface area contributed by atoms with Gasteiger partial charge in [-0.2, -0.15) is 5.10 Å². The van der Waals surface area contributed by atoms with E-state index < -0.39 is 11.7 Å². The average Bonchev–Trinajstić information content (AvgIpc) is 3.26. The number of aromatic nitrogens is 6. The monoisotopic (exact) mass is 489 g/mol. The lowest BCUT2D eigenvalue weighted by Crippen LogP contribution is -2.37. The molecule has 0 spiro atoms. The number of ether oxygens (including phenoxy) is 1. The number of nitrogens with zero attached hydrogens (tertiary/aromatic N) is 7. The first-order chi connectivity index (χ1) is 17.4. The van der Waals surface area contributed by atoms with Gasteiger partial charge in [0.25, 0.3) is 5.91 Å². The zero-order valence-corrected chi connectivity index (χ0v) is 19.8. The van der Waals surface area contributed by atoms with Crippen LogP contribution >= 0.6 is 0 Å². The number of hydrogen-bond donors (Lipinski definition) is 2. The number of carbonyl (C=O) groups is 1. The van der Waals surface area contributed by atoms with E-state index in [-0.39, 0.29) is 11.3 Å². The van der Waals surface area contributed by atoms with Crippen molar-refractivity contribution in [1.82, 2.24) is 29.7 Å². The molecule has 0 saturated carbocycles. The Hall–Kier alpha value is -4.45. The van der Waals surface area contributed by atoms with Crippen LogP contribution in [-0.2, 0) is 11.8 Å².